The molecule has 0 saturated carbocycles. The van der Waals surface area contributed by atoms with Gasteiger partial charge in [0.25, 0.3) is 5.89 Å². The van der Waals surface area contributed by atoms with Gasteiger partial charge in [-0.25, -0.2) is 0 Å². The summed E-state index contributed by atoms with van der Waals surface area (Å²) in [6.45, 7) is 4.93. The van der Waals surface area contributed by atoms with E-state index in [0.29, 0.717) is 22.5 Å². The summed E-state index contributed by atoms with van der Waals surface area (Å²) < 4.78 is 7.46. The summed E-state index contributed by atoms with van der Waals surface area (Å²) in [4.78, 5) is 4.45. The van der Waals surface area contributed by atoms with Gasteiger partial charge >= 0.3 is 0 Å². The van der Waals surface area contributed by atoms with E-state index in [4.69, 9.17) is 16.1 Å². The molecule has 8 heteroatoms. The van der Waals surface area contributed by atoms with E-state index in [-0.39, 0.29) is 0 Å². The normalized spacial score (nSPS) is 11.1. The zero-order valence-electron chi connectivity index (χ0n) is 15.5. The van der Waals surface area contributed by atoms with Gasteiger partial charge in [-0.2, -0.15) is 4.98 Å². The molecule has 142 valence electrons. The Morgan fingerprint density at radius 1 is 1.04 bits per heavy atom. The third kappa shape index (κ3) is 3.68. The van der Waals surface area contributed by atoms with Crippen LogP contribution < -0.4 is 0 Å². The van der Waals surface area contributed by atoms with E-state index in [9.17, 15) is 0 Å². The van der Waals surface area contributed by atoms with Gasteiger partial charge in [0.1, 0.15) is 0 Å². The lowest BCUT2D eigenvalue weighted by Gasteiger charge is -2.08. The molecule has 0 N–H and O–H groups in total. The van der Waals surface area contributed by atoms with Gasteiger partial charge in [-0.1, -0.05) is 64.9 Å². The molecule has 0 spiro atoms. The summed E-state index contributed by atoms with van der Waals surface area (Å²) in [6, 6.07) is 15.6. The number of hydrogen-bond acceptors (Lipinski definition) is 6. The Balaban J connectivity index is 1.54. The highest BCUT2D eigenvalue weighted by Gasteiger charge is 2.17. The van der Waals surface area contributed by atoms with E-state index in [1.807, 2.05) is 30.3 Å². The first-order chi connectivity index (χ1) is 13.7. The maximum absolute atomic E-state index is 6.20. The van der Waals surface area contributed by atoms with Gasteiger partial charge in [-0.15, -0.1) is 10.2 Å². The van der Waals surface area contributed by atoms with E-state index in [2.05, 4.69) is 50.9 Å². The molecule has 2 heterocycles. The Hall–Kier alpha value is -2.64. The highest BCUT2D eigenvalue weighted by Crippen LogP contribution is 2.29. The molecule has 0 radical (unpaired) electrons. The number of hydrogen-bond donors (Lipinski definition) is 0. The molecular formula is C20H18ClN5OS. The van der Waals surface area contributed by atoms with Crippen LogP contribution >= 0.6 is 23.4 Å². The summed E-state index contributed by atoms with van der Waals surface area (Å²) in [5.41, 5.74) is 2.99. The van der Waals surface area contributed by atoms with E-state index >= 15 is 0 Å². The third-order valence-electron chi connectivity index (χ3n) is 4.32. The molecule has 2 aromatic heterocycles. The SMILES string of the molecule is CCn1c(SCc2noc(-c3ccccc3Cl)n2)nnc1-c1ccccc1C. The molecule has 6 nitrogen and oxygen atoms in total. The Bertz CT molecular complexity index is 1110. The van der Waals surface area contributed by atoms with Crippen LogP contribution in [-0.4, -0.2) is 24.9 Å². The van der Waals surface area contributed by atoms with Gasteiger partial charge < -0.3 is 9.09 Å². The number of benzene rings is 2. The first-order valence-electron chi connectivity index (χ1n) is 8.87. The smallest absolute Gasteiger partial charge is 0.259 e. The van der Waals surface area contributed by atoms with Crippen LogP contribution in [0.15, 0.2) is 58.2 Å². The Morgan fingerprint density at radius 2 is 1.79 bits per heavy atom. The number of thioether (sulfide) groups is 1. The van der Waals surface area contributed by atoms with Crippen LogP contribution in [0.3, 0.4) is 0 Å². The van der Waals surface area contributed by atoms with Crippen LogP contribution in [0, 0.1) is 6.92 Å². The van der Waals surface area contributed by atoms with E-state index in [0.717, 1.165) is 28.7 Å². The van der Waals surface area contributed by atoms with Crippen LogP contribution in [0.4, 0.5) is 0 Å². The van der Waals surface area contributed by atoms with Crippen molar-refractivity contribution in [3.8, 4) is 22.8 Å². The number of nitrogens with zero attached hydrogens (tertiary/aromatic N) is 5. The maximum Gasteiger partial charge on any atom is 0.259 e. The largest absolute Gasteiger partial charge is 0.334 e. The molecule has 0 aliphatic heterocycles. The fourth-order valence-corrected chi connectivity index (χ4v) is 3.95. The Labute approximate surface area is 172 Å². The van der Waals surface area contributed by atoms with Gasteiger partial charge in [0, 0.05) is 12.1 Å². The summed E-state index contributed by atoms with van der Waals surface area (Å²) in [5.74, 6) is 2.40. The maximum atomic E-state index is 6.20. The lowest BCUT2D eigenvalue weighted by Crippen LogP contribution is -2.01. The summed E-state index contributed by atoms with van der Waals surface area (Å²) in [6.07, 6.45) is 0. The summed E-state index contributed by atoms with van der Waals surface area (Å²) in [7, 11) is 0. The molecule has 0 atom stereocenters. The first-order valence-corrected chi connectivity index (χ1v) is 10.2. The van der Waals surface area contributed by atoms with Crippen molar-refractivity contribution >= 4 is 23.4 Å². The van der Waals surface area contributed by atoms with Gasteiger partial charge in [0.15, 0.2) is 16.8 Å². The van der Waals surface area contributed by atoms with Crippen molar-refractivity contribution in [3.05, 3.63) is 64.9 Å². The minimum Gasteiger partial charge on any atom is -0.334 e. The summed E-state index contributed by atoms with van der Waals surface area (Å²) in [5, 5.41) is 14.2. The molecule has 0 saturated heterocycles. The molecule has 0 fully saturated rings. The predicted molar refractivity (Wildman–Crippen MR) is 110 cm³/mol. The molecule has 0 unspecified atom stereocenters. The quantitative estimate of drug-likeness (QED) is 0.402. The van der Waals surface area contributed by atoms with Crippen molar-refractivity contribution < 1.29 is 4.52 Å². The fourth-order valence-electron chi connectivity index (χ4n) is 2.89. The number of aromatic nitrogens is 5. The highest BCUT2D eigenvalue weighted by molar-refractivity contribution is 7.98. The molecule has 4 rings (SSSR count). The monoisotopic (exact) mass is 411 g/mol. The predicted octanol–water partition coefficient (Wildman–Crippen LogP) is 5.27. The van der Waals surface area contributed by atoms with Crippen LogP contribution in [-0.2, 0) is 12.3 Å². The Morgan fingerprint density at radius 3 is 2.54 bits per heavy atom. The average molecular weight is 412 g/mol. The van der Waals surface area contributed by atoms with Crippen LogP contribution in [0.2, 0.25) is 5.02 Å². The molecule has 0 amide bonds. The van der Waals surface area contributed by atoms with Crippen molar-refractivity contribution in [1.82, 2.24) is 24.9 Å². The van der Waals surface area contributed by atoms with E-state index in [1.165, 1.54) is 17.3 Å². The lowest BCUT2D eigenvalue weighted by molar-refractivity contribution is 0.425. The fraction of sp³-hybridized carbons (Fsp3) is 0.200. The molecule has 2 aromatic carbocycles. The van der Waals surface area contributed by atoms with E-state index < -0.39 is 0 Å². The minimum absolute atomic E-state index is 0.416. The molecule has 28 heavy (non-hydrogen) atoms. The van der Waals surface area contributed by atoms with Crippen LogP contribution in [0.1, 0.15) is 18.3 Å². The zero-order chi connectivity index (χ0) is 19.5. The number of halogens is 1. The van der Waals surface area contributed by atoms with Gasteiger partial charge in [-0.3, -0.25) is 0 Å². The number of aryl methyl sites for hydroxylation is 1. The van der Waals surface area contributed by atoms with Crippen molar-refractivity contribution in [2.45, 2.75) is 31.3 Å². The second-order valence-corrected chi connectivity index (χ2v) is 7.50. The average Bonchev–Trinajstić information content (AvgIpc) is 3.33. The zero-order valence-corrected chi connectivity index (χ0v) is 17.0. The molecule has 0 aliphatic rings. The highest BCUT2D eigenvalue weighted by atomic mass is 35.5. The van der Waals surface area contributed by atoms with Crippen molar-refractivity contribution in [1.29, 1.82) is 0 Å². The van der Waals surface area contributed by atoms with E-state index in [1.54, 1.807) is 6.07 Å². The topological polar surface area (TPSA) is 69.6 Å². The standard InChI is InChI=1S/C20H18ClN5OS/c1-3-26-18(14-9-5-4-8-13(14)2)23-24-20(26)28-12-17-22-19(27-25-17)15-10-6-7-11-16(15)21/h4-11H,3,12H2,1-2H3. The van der Waals surface area contributed by atoms with Crippen LogP contribution in [0.25, 0.3) is 22.8 Å². The second-order valence-electron chi connectivity index (χ2n) is 6.15. The minimum atomic E-state index is 0.416. The molecule has 0 bridgehead atoms. The van der Waals surface area contributed by atoms with Crippen molar-refractivity contribution in [2.24, 2.45) is 0 Å². The number of rotatable bonds is 6. The van der Waals surface area contributed by atoms with Gasteiger partial charge in [-0.05, 0) is 31.5 Å². The van der Waals surface area contributed by atoms with Crippen molar-refractivity contribution in [2.75, 3.05) is 0 Å². The van der Waals surface area contributed by atoms with Crippen LogP contribution in [0.5, 0.6) is 0 Å². The third-order valence-corrected chi connectivity index (χ3v) is 5.61. The summed E-state index contributed by atoms with van der Waals surface area (Å²) >= 11 is 7.73. The Kier molecular flexibility index (Phi) is 5.45. The van der Waals surface area contributed by atoms with Crippen molar-refractivity contribution in [3.63, 3.8) is 0 Å². The molecule has 4 aromatic rings. The molecule has 0 aliphatic carbocycles. The van der Waals surface area contributed by atoms with Gasteiger partial charge in [0.2, 0.25) is 0 Å². The second kappa shape index (κ2) is 8.16. The molecular weight excluding hydrogens is 394 g/mol. The van der Waals surface area contributed by atoms with Gasteiger partial charge in [0.05, 0.1) is 16.3 Å². The lowest BCUT2D eigenvalue weighted by atomic mass is 10.1. The first kappa shape index (κ1) is 18.7.